The van der Waals surface area contributed by atoms with Crippen LogP contribution in [0.4, 0.5) is 5.69 Å². The highest BCUT2D eigenvalue weighted by atomic mass is 16.5. The van der Waals surface area contributed by atoms with Crippen molar-refractivity contribution in [3.05, 3.63) is 29.8 Å². The molecule has 1 atom stereocenters. The third-order valence-corrected chi connectivity index (χ3v) is 2.76. The van der Waals surface area contributed by atoms with E-state index in [2.05, 4.69) is 4.90 Å². The lowest BCUT2D eigenvalue weighted by Gasteiger charge is -2.18. The van der Waals surface area contributed by atoms with E-state index < -0.39 is 0 Å². The van der Waals surface area contributed by atoms with E-state index in [1.54, 1.807) is 0 Å². The van der Waals surface area contributed by atoms with E-state index in [0.717, 1.165) is 24.2 Å². The van der Waals surface area contributed by atoms with Crippen LogP contribution in [-0.4, -0.2) is 30.8 Å². The molecule has 1 heterocycles. The Kier molecular flexibility index (Phi) is 3.41. The van der Waals surface area contributed by atoms with Gasteiger partial charge in [-0.3, -0.25) is 4.79 Å². The van der Waals surface area contributed by atoms with Crippen molar-refractivity contribution in [1.29, 1.82) is 0 Å². The summed E-state index contributed by atoms with van der Waals surface area (Å²) >= 11 is 0. The molecule has 0 bridgehead atoms. The molecule has 4 nitrogen and oxygen atoms in total. The zero-order valence-corrected chi connectivity index (χ0v) is 9.00. The van der Waals surface area contributed by atoms with E-state index >= 15 is 0 Å². The summed E-state index contributed by atoms with van der Waals surface area (Å²) in [4.78, 5) is 12.2. The molecule has 0 radical (unpaired) electrons. The molecule has 0 aliphatic carbocycles. The van der Waals surface area contributed by atoms with Crippen LogP contribution in [0.15, 0.2) is 24.3 Å². The third kappa shape index (κ3) is 2.52. The minimum absolute atomic E-state index is 0.227. The maximum Gasteiger partial charge on any atom is 0.293 e. The molecule has 1 N–H and O–H groups in total. The average Bonchev–Trinajstić information content (AvgIpc) is 2.74. The summed E-state index contributed by atoms with van der Waals surface area (Å²) < 4.78 is 4.71. The summed E-state index contributed by atoms with van der Waals surface area (Å²) in [5.41, 5.74) is 2.04. The summed E-state index contributed by atoms with van der Waals surface area (Å²) in [5.74, 6) is 0. The predicted molar refractivity (Wildman–Crippen MR) is 60.1 cm³/mol. The Labute approximate surface area is 94.4 Å². The Morgan fingerprint density at radius 1 is 1.56 bits per heavy atom. The number of carbonyl (C=O) groups excluding carboxylic acids is 1. The van der Waals surface area contributed by atoms with Crippen LogP contribution in [0.25, 0.3) is 0 Å². The summed E-state index contributed by atoms with van der Waals surface area (Å²) in [7, 11) is 0. The van der Waals surface area contributed by atoms with Crippen LogP contribution in [0.5, 0.6) is 0 Å². The first-order valence-electron chi connectivity index (χ1n) is 5.37. The van der Waals surface area contributed by atoms with Crippen molar-refractivity contribution in [2.45, 2.75) is 19.1 Å². The van der Waals surface area contributed by atoms with Crippen molar-refractivity contribution in [3.8, 4) is 0 Å². The van der Waals surface area contributed by atoms with Gasteiger partial charge in [0.25, 0.3) is 6.47 Å². The number of nitrogens with zero attached hydrogens (tertiary/aromatic N) is 1. The topological polar surface area (TPSA) is 49.8 Å². The molecular formula is C12H15NO3. The fourth-order valence-electron chi connectivity index (χ4n) is 1.95. The lowest BCUT2D eigenvalue weighted by molar-refractivity contribution is -0.129. The van der Waals surface area contributed by atoms with Gasteiger partial charge in [-0.2, -0.15) is 0 Å². The van der Waals surface area contributed by atoms with Crippen LogP contribution in [-0.2, 0) is 16.1 Å². The van der Waals surface area contributed by atoms with E-state index in [-0.39, 0.29) is 6.10 Å². The molecule has 2 rings (SSSR count). The minimum atomic E-state index is -0.227. The quantitative estimate of drug-likeness (QED) is 0.768. The number of hydrogen-bond acceptors (Lipinski definition) is 4. The highest BCUT2D eigenvalue weighted by molar-refractivity contribution is 5.49. The van der Waals surface area contributed by atoms with Gasteiger partial charge in [0, 0.05) is 18.8 Å². The largest absolute Gasteiger partial charge is 0.463 e. The number of rotatable bonds is 4. The van der Waals surface area contributed by atoms with E-state index in [1.807, 2.05) is 24.3 Å². The standard InChI is InChI=1S/C12H15NO3/c14-9-16-8-10-2-1-3-11(6-10)13-5-4-12(15)7-13/h1-3,6,9,12,15H,4-5,7-8H2. The Balaban J connectivity index is 2.06. The predicted octanol–water partition coefficient (Wildman–Crippen LogP) is 0.931. The van der Waals surface area contributed by atoms with Gasteiger partial charge in [-0.05, 0) is 24.1 Å². The second kappa shape index (κ2) is 4.99. The molecule has 1 fully saturated rings. The number of β-amino-alcohol motifs (C(OH)–C–C–N with tert-alkyl or cyclic N) is 1. The minimum Gasteiger partial charge on any atom is -0.463 e. The van der Waals surface area contributed by atoms with Crippen molar-refractivity contribution in [2.75, 3.05) is 18.0 Å². The fourth-order valence-corrected chi connectivity index (χ4v) is 1.95. The molecule has 4 heteroatoms. The second-order valence-electron chi connectivity index (χ2n) is 3.97. The fraction of sp³-hybridized carbons (Fsp3) is 0.417. The number of carbonyl (C=O) groups is 1. The summed E-state index contributed by atoms with van der Waals surface area (Å²) in [6.07, 6.45) is 0.588. The Hall–Kier alpha value is -1.55. The van der Waals surface area contributed by atoms with E-state index in [1.165, 1.54) is 0 Å². The third-order valence-electron chi connectivity index (χ3n) is 2.76. The van der Waals surface area contributed by atoms with Crippen LogP contribution >= 0.6 is 0 Å². The Morgan fingerprint density at radius 3 is 3.12 bits per heavy atom. The molecule has 1 aliphatic heterocycles. The van der Waals surface area contributed by atoms with Gasteiger partial charge in [0.1, 0.15) is 6.61 Å². The molecule has 1 aromatic rings. The lowest BCUT2D eigenvalue weighted by atomic mass is 10.2. The van der Waals surface area contributed by atoms with Crippen molar-refractivity contribution >= 4 is 12.2 Å². The van der Waals surface area contributed by atoms with Gasteiger partial charge in [-0.15, -0.1) is 0 Å². The normalized spacial score (nSPS) is 19.8. The lowest BCUT2D eigenvalue weighted by Crippen LogP contribution is -2.21. The molecule has 86 valence electrons. The van der Waals surface area contributed by atoms with Crippen LogP contribution < -0.4 is 4.90 Å². The first kappa shape index (κ1) is 11.0. The zero-order valence-electron chi connectivity index (χ0n) is 9.00. The van der Waals surface area contributed by atoms with Crippen LogP contribution in [0.2, 0.25) is 0 Å². The van der Waals surface area contributed by atoms with Gasteiger partial charge in [-0.1, -0.05) is 12.1 Å². The maximum absolute atomic E-state index is 10.1. The first-order chi connectivity index (χ1) is 7.79. The highest BCUT2D eigenvalue weighted by Crippen LogP contribution is 2.21. The Morgan fingerprint density at radius 2 is 2.44 bits per heavy atom. The number of benzene rings is 1. The molecule has 16 heavy (non-hydrogen) atoms. The highest BCUT2D eigenvalue weighted by Gasteiger charge is 2.20. The van der Waals surface area contributed by atoms with Crippen LogP contribution in [0.1, 0.15) is 12.0 Å². The SMILES string of the molecule is O=COCc1cccc(N2CCC(O)C2)c1. The molecule has 0 spiro atoms. The van der Waals surface area contributed by atoms with E-state index in [4.69, 9.17) is 4.74 Å². The van der Waals surface area contributed by atoms with Crippen molar-refractivity contribution in [3.63, 3.8) is 0 Å². The number of anilines is 1. The van der Waals surface area contributed by atoms with E-state index in [9.17, 15) is 9.90 Å². The number of aliphatic hydroxyl groups excluding tert-OH is 1. The molecule has 0 aromatic heterocycles. The first-order valence-corrected chi connectivity index (χ1v) is 5.37. The van der Waals surface area contributed by atoms with E-state index in [0.29, 0.717) is 19.6 Å². The Bertz CT molecular complexity index is 367. The smallest absolute Gasteiger partial charge is 0.293 e. The number of hydrogen-bond donors (Lipinski definition) is 1. The van der Waals surface area contributed by atoms with Gasteiger partial charge < -0.3 is 14.7 Å². The monoisotopic (exact) mass is 221 g/mol. The number of ether oxygens (including phenoxy) is 1. The zero-order chi connectivity index (χ0) is 11.4. The van der Waals surface area contributed by atoms with Crippen molar-refractivity contribution < 1.29 is 14.6 Å². The van der Waals surface area contributed by atoms with Gasteiger partial charge in [0.05, 0.1) is 6.10 Å². The molecule has 1 saturated heterocycles. The average molecular weight is 221 g/mol. The molecule has 1 unspecified atom stereocenters. The van der Waals surface area contributed by atoms with Gasteiger partial charge >= 0.3 is 0 Å². The van der Waals surface area contributed by atoms with Gasteiger partial charge in [0.15, 0.2) is 0 Å². The number of aliphatic hydroxyl groups is 1. The van der Waals surface area contributed by atoms with Crippen molar-refractivity contribution in [2.24, 2.45) is 0 Å². The van der Waals surface area contributed by atoms with Crippen LogP contribution in [0.3, 0.4) is 0 Å². The second-order valence-corrected chi connectivity index (χ2v) is 3.97. The summed E-state index contributed by atoms with van der Waals surface area (Å²) in [6, 6.07) is 7.84. The molecular weight excluding hydrogens is 206 g/mol. The van der Waals surface area contributed by atoms with Gasteiger partial charge in [-0.25, -0.2) is 0 Å². The maximum atomic E-state index is 10.1. The summed E-state index contributed by atoms with van der Waals surface area (Å²) in [5, 5.41) is 9.46. The molecule has 0 saturated carbocycles. The van der Waals surface area contributed by atoms with Crippen molar-refractivity contribution in [1.82, 2.24) is 0 Å². The molecule has 1 aliphatic rings. The molecule has 0 amide bonds. The van der Waals surface area contributed by atoms with Gasteiger partial charge in [0.2, 0.25) is 0 Å². The summed E-state index contributed by atoms with van der Waals surface area (Å²) in [6.45, 7) is 2.30. The molecule has 1 aromatic carbocycles. The van der Waals surface area contributed by atoms with Crippen LogP contribution in [0, 0.1) is 0 Å².